The number of urea groups is 1. The molecule has 2 unspecified atom stereocenters. The van der Waals surface area contributed by atoms with Crippen LogP contribution in [0.1, 0.15) is 19.3 Å². The Kier molecular flexibility index (Phi) is 5.96. The zero-order chi connectivity index (χ0) is 20.3. The fourth-order valence-electron chi connectivity index (χ4n) is 3.46. The number of carboxylic acid groups (broad SMARTS) is 1. The highest BCUT2D eigenvalue weighted by Gasteiger charge is 2.35. The molecule has 28 heavy (non-hydrogen) atoms. The number of carbonyl (C=O) groups excluding carboxylic acids is 2. The van der Waals surface area contributed by atoms with E-state index in [-0.39, 0.29) is 18.2 Å². The molecule has 0 aliphatic carbocycles. The van der Waals surface area contributed by atoms with Gasteiger partial charge in [-0.15, -0.1) is 0 Å². The average molecular weight is 397 g/mol. The number of likely N-dealkylation sites (tertiary alicyclic amines) is 1. The lowest BCUT2D eigenvalue weighted by molar-refractivity contribution is -0.141. The van der Waals surface area contributed by atoms with Gasteiger partial charge in [-0.2, -0.15) is 8.78 Å². The van der Waals surface area contributed by atoms with Crippen molar-refractivity contribution in [1.82, 2.24) is 10.2 Å². The van der Waals surface area contributed by atoms with Gasteiger partial charge in [-0.25, -0.2) is 4.79 Å². The fraction of sp³-hybridized carbons (Fsp3) is 0.500. The molecule has 0 spiro atoms. The van der Waals surface area contributed by atoms with Gasteiger partial charge in [0.15, 0.2) is 0 Å². The quantitative estimate of drug-likeness (QED) is 0.791. The van der Waals surface area contributed by atoms with Crippen LogP contribution >= 0.6 is 0 Å². The number of ether oxygens (including phenoxy) is 1. The third-order valence-corrected chi connectivity index (χ3v) is 4.93. The maximum atomic E-state index is 12.8. The van der Waals surface area contributed by atoms with Crippen molar-refractivity contribution in [2.24, 2.45) is 5.92 Å². The number of benzene rings is 1. The molecule has 10 heteroatoms. The Hall–Kier alpha value is -2.91. The Morgan fingerprint density at radius 2 is 1.89 bits per heavy atom. The second kappa shape index (κ2) is 8.41. The lowest BCUT2D eigenvalue weighted by Crippen LogP contribution is -2.55. The van der Waals surface area contributed by atoms with Crippen LogP contribution < -0.4 is 15.0 Å². The van der Waals surface area contributed by atoms with Gasteiger partial charge in [0.1, 0.15) is 11.8 Å². The number of aliphatic carboxylic acids is 1. The highest BCUT2D eigenvalue weighted by atomic mass is 19.3. The Morgan fingerprint density at radius 1 is 1.18 bits per heavy atom. The molecule has 1 aromatic carbocycles. The van der Waals surface area contributed by atoms with E-state index in [1.54, 1.807) is 0 Å². The molecule has 0 aromatic heterocycles. The van der Waals surface area contributed by atoms with E-state index in [0.717, 1.165) is 0 Å². The molecule has 3 rings (SSSR count). The van der Waals surface area contributed by atoms with E-state index in [0.29, 0.717) is 38.0 Å². The van der Waals surface area contributed by atoms with Crippen molar-refractivity contribution in [2.75, 3.05) is 24.5 Å². The van der Waals surface area contributed by atoms with Gasteiger partial charge in [0.2, 0.25) is 5.91 Å². The third kappa shape index (κ3) is 4.49. The minimum Gasteiger partial charge on any atom is -0.481 e. The summed E-state index contributed by atoms with van der Waals surface area (Å²) in [7, 11) is 0. The summed E-state index contributed by atoms with van der Waals surface area (Å²) in [5.41, 5.74) is 0.526. The van der Waals surface area contributed by atoms with Crippen LogP contribution in [0.3, 0.4) is 0 Å². The Bertz CT molecular complexity index is 743. The van der Waals surface area contributed by atoms with Crippen molar-refractivity contribution in [3.8, 4) is 5.75 Å². The van der Waals surface area contributed by atoms with E-state index < -0.39 is 30.6 Å². The summed E-state index contributed by atoms with van der Waals surface area (Å²) < 4.78 is 28.8. The van der Waals surface area contributed by atoms with Crippen molar-refractivity contribution in [3.05, 3.63) is 24.3 Å². The summed E-state index contributed by atoms with van der Waals surface area (Å²) in [6, 6.07) is 4.56. The molecule has 8 nitrogen and oxygen atoms in total. The number of rotatable bonds is 5. The topological polar surface area (TPSA) is 99.2 Å². The number of alkyl halides is 2. The molecule has 0 radical (unpaired) electrons. The third-order valence-electron chi connectivity index (χ3n) is 4.93. The summed E-state index contributed by atoms with van der Waals surface area (Å²) >= 11 is 0. The summed E-state index contributed by atoms with van der Waals surface area (Å²) in [5, 5.41) is 11.7. The van der Waals surface area contributed by atoms with E-state index in [4.69, 9.17) is 5.11 Å². The first-order valence-corrected chi connectivity index (χ1v) is 8.99. The van der Waals surface area contributed by atoms with Gasteiger partial charge in [-0.1, -0.05) is 0 Å². The van der Waals surface area contributed by atoms with Gasteiger partial charge < -0.3 is 25.0 Å². The number of amides is 3. The van der Waals surface area contributed by atoms with Crippen molar-refractivity contribution >= 4 is 23.6 Å². The Balaban J connectivity index is 1.61. The molecule has 3 amide bonds. The molecule has 1 aromatic rings. The van der Waals surface area contributed by atoms with Gasteiger partial charge in [-0.05, 0) is 43.5 Å². The van der Waals surface area contributed by atoms with Crippen LogP contribution in [-0.4, -0.2) is 60.2 Å². The van der Waals surface area contributed by atoms with Gasteiger partial charge >= 0.3 is 18.6 Å². The number of nitrogens with zero attached hydrogens (tertiary/aromatic N) is 2. The van der Waals surface area contributed by atoms with Crippen LogP contribution in [0.2, 0.25) is 0 Å². The molecular formula is C18H21F2N3O5. The van der Waals surface area contributed by atoms with Crippen molar-refractivity contribution in [3.63, 3.8) is 0 Å². The van der Waals surface area contributed by atoms with Crippen molar-refractivity contribution in [1.29, 1.82) is 0 Å². The predicted octanol–water partition coefficient (Wildman–Crippen LogP) is 1.90. The summed E-state index contributed by atoms with van der Waals surface area (Å²) in [6.45, 7) is -2.02. The smallest absolute Gasteiger partial charge is 0.387 e. The second-order valence-corrected chi connectivity index (χ2v) is 6.78. The predicted molar refractivity (Wildman–Crippen MR) is 94.3 cm³/mol. The molecule has 2 heterocycles. The van der Waals surface area contributed by atoms with Gasteiger partial charge in [0.25, 0.3) is 0 Å². The molecule has 2 aliphatic rings. The molecule has 2 N–H and O–H groups in total. The first kappa shape index (κ1) is 19.8. The summed E-state index contributed by atoms with van der Waals surface area (Å²) in [6.07, 6.45) is 1.52. The number of hydrogen-bond acceptors (Lipinski definition) is 4. The fourth-order valence-corrected chi connectivity index (χ4v) is 3.46. The number of carbonyl (C=O) groups is 3. The maximum absolute atomic E-state index is 12.8. The molecule has 2 atom stereocenters. The Morgan fingerprint density at radius 3 is 2.50 bits per heavy atom. The molecular weight excluding hydrogens is 376 g/mol. The van der Waals surface area contributed by atoms with E-state index in [9.17, 15) is 23.2 Å². The number of anilines is 1. The van der Waals surface area contributed by atoms with Crippen LogP contribution in [0.25, 0.3) is 0 Å². The summed E-state index contributed by atoms with van der Waals surface area (Å²) in [5.74, 6) is -1.82. The molecule has 2 aliphatic heterocycles. The van der Waals surface area contributed by atoms with E-state index in [1.807, 2.05) is 0 Å². The van der Waals surface area contributed by atoms with Crippen molar-refractivity contribution in [2.45, 2.75) is 31.9 Å². The first-order chi connectivity index (χ1) is 13.3. The SMILES string of the molecule is O=C(O)C1CCN(C(=O)NC2CCCN(c3ccc(OC(F)F)cc3)C2=O)C1. The zero-order valence-corrected chi connectivity index (χ0v) is 15.0. The monoisotopic (exact) mass is 397 g/mol. The first-order valence-electron chi connectivity index (χ1n) is 8.99. The zero-order valence-electron chi connectivity index (χ0n) is 15.0. The molecule has 0 saturated carbocycles. The van der Waals surface area contributed by atoms with Crippen molar-refractivity contribution < 1.29 is 33.0 Å². The number of hydrogen-bond donors (Lipinski definition) is 2. The standard InChI is InChI=1S/C18H21F2N3O5/c19-17(20)28-13-5-3-12(4-6-13)23-8-1-2-14(15(23)24)21-18(27)22-9-7-11(10-22)16(25)26/h3-6,11,14,17H,1-2,7-10H2,(H,21,27)(H,25,26). The van der Waals surface area contributed by atoms with Gasteiger partial charge in [0, 0.05) is 25.3 Å². The summed E-state index contributed by atoms with van der Waals surface area (Å²) in [4.78, 5) is 39.1. The maximum Gasteiger partial charge on any atom is 0.387 e. The lowest BCUT2D eigenvalue weighted by Gasteiger charge is -2.33. The number of piperidine rings is 1. The minimum absolute atomic E-state index is 0.00456. The van der Waals surface area contributed by atoms with Crippen LogP contribution in [0.15, 0.2) is 24.3 Å². The van der Waals surface area contributed by atoms with Crippen LogP contribution in [0, 0.1) is 5.92 Å². The highest BCUT2D eigenvalue weighted by molar-refractivity contribution is 5.99. The molecule has 2 fully saturated rings. The average Bonchev–Trinajstić information content (AvgIpc) is 3.14. The second-order valence-electron chi connectivity index (χ2n) is 6.78. The Labute approximate surface area is 160 Å². The normalized spacial score (nSPS) is 22.5. The molecule has 152 valence electrons. The molecule has 2 saturated heterocycles. The van der Waals surface area contributed by atoms with E-state index in [2.05, 4.69) is 10.1 Å². The van der Waals surface area contributed by atoms with E-state index in [1.165, 1.54) is 34.1 Å². The minimum atomic E-state index is -2.92. The van der Waals surface area contributed by atoms with Gasteiger partial charge in [0.05, 0.1) is 5.92 Å². The molecule has 0 bridgehead atoms. The van der Waals surface area contributed by atoms with Crippen LogP contribution in [-0.2, 0) is 9.59 Å². The highest BCUT2D eigenvalue weighted by Crippen LogP contribution is 2.25. The van der Waals surface area contributed by atoms with Crippen LogP contribution in [0.5, 0.6) is 5.75 Å². The number of halogens is 2. The van der Waals surface area contributed by atoms with Gasteiger partial charge in [-0.3, -0.25) is 9.59 Å². The lowest BCUT2D eigenvalue weighted by atomic mass is 10.0. The number of carboxylic acids is 1. The van der Waals surface area contributed by atoms with Crippen LogP contribution in [0.4, 0.5) is 19.3 Å². The van der Waals surface area contributed by atoms with E-state index >= 15 is 0 Å². The largest absolute Gasteiger partial charge is 0.481 e. The number of nitrogens with one attached hydrogen (secondary N) is 1.